The van der Waals surface area contributed by atoms with Gasteiger partial charge < -0.3 is 5.73 Å². The summed E-state index contributed by atoms with van der Waals surface area (Å²) in [6.45, 7) is 0. The molecule has 1 aliphatic carbocycles. The van der Waals surface area contributed by atoms with Crippen molar-refractivity contribution in [2.45, 2.75) is 30.9 Å². The van der Waals surface area contributed by atoms with Crippen LogP contribution in [0.4, 0.5) is 11.5 Å². The van der Waals surface area contributed by atoms with Gasteiger partial charge in [-0.25, -0.2) is 13.1 Å². The minimum absolute atomic E-state index is 0.299. The summed E-state index contributed by atoms with van der Waals surface area (Å²) in [7, 11) is -3.36. The van der Waals surface area contributed by atoms with Gasteiger partial charge in [-0.1, -0.05) is 12.8 Å². The molecule has 0 amide bonds. The highest BCUT2D eigenvalue weighted by Crippen LogP contribution is 2.26. The van der Waals surface area contributed by atoms with Gasteiger partial charge >= 0.3 is 0 Å². The highest BCUT2D eigenvalue weighted by Gasteiger charge is 2.29. The van der Waals surface area contributed by atoms with E-state index in [4.69, 9.17) is 5.73 Å². The highest BCUT2D eigenvalue weighted by molar-refractivity contribution is 7.93. The first-order chi connectivity index (χ1) is 10.1. The lowest BCUT2D eigenvalue weighted by molar-refractivity contribution is 0.584. The molecule has 0 radical (unpaired) electrons. The molecule has 1 saturated carbocycles. The van der Waals surface area contributed by atoms with E-state index >= 15 is 0 Å². The van der Waals surface area contributed by atoms with E-state index in [1.165, 1.54) is 0 Å². The summed E-state index contributed by atoms with van der Waals surface area (Å²) in [6.07, 6.45) is 4.98. The Morgan fingerprint density at radius 1 is 1.14 bits per heavy atom. The fraction of sp³-hybridized carbons (Fsp3) is 0.357. The molecule has 1 aromatic carbocycles. The molecule has 0 unspecified atom stereocenters. The Morgan fingerprint density at radius 3 is 2.48 bits per heavy atom. The zero-order valence-corrected chi connectivity index (χ0v) is 12.4. The maximum atomic E-state index is 12.4. The summed E-state index contributed by atoms with van der Waals surface area (Å²) in [5.41, 5.74) is 7.08. The van der Waals surface area contributed by atoms with Gasteiger partial charge in [0, 0.05) is 11.8 Å². The summed E-state index contributed by atoms with van der Waals surface area (Å²) < 4.78 is 29.0. The van der Waals surface area contributed by atoms with Crippen LogP contribution in [0.1, 0.15) is 25.7 Å². The zero-order valence-electron chi connectivity index (χ0n) is 11.6. The number of rotatable bonds is 4. The lowest BCUT2D eigenvalue weighted by Crippen LogP contribution is -2.26. The Bertz CT molecular complexity index is 716. The smallest absolute Gasteiger partial charge is 0.236 e. The fourth-order valence-corrected chi connectivity index (χ4v) is 4.20. The Kier molecular flexibility index (Phi) is 3.59. The van der Waals surface area contributed by atoms with Crippen LogP contribution in [0.5, 0.6) is 0 Å². The second kappa shape index (κ2) is 5.40. The van der Waals surface area contributed by atoms with Gasteiger partial charge in [-0.3, -0.25) is 4.72 Å². The first kappa shape index (κ1) is 13.9. The van der Waals surface area contributed by atoms with Crippen LogP contribution >= 0.6 is 0 Å². The maximum absolute atomic E-state index is 12.4. The standard InChI is InChI=1S/C14H18N4O2S/c15-11-5-7-12(8-6-11)18-14(9-10-16-18)17-21(19,20)13-3-1-2-4-13/h5-10,13,17H,1-4,15H2. The SMILES string of the molecule is Nc1ccc(-n2nccc2NS(=O)(=O)C2CCCC2)cc1. The molecule has 112 valence electrons. The van der Waals surface area contributed by atoms with Gasteiger partial charge in [0.25, 0.3) is 0 Å². The molecule has 0 bridgehead atoms. The average Bonchev–Trinajstić information content (AvgIpc) is 3.10. The third kappa shape index (κ3) is 2.87. The van der Waals surface area contributed by atoms with Gasteiger partial charge in [-0.15, -0.1) is 0 Å². The maximum Gasteiger partial charge on any atom is 0.236 e. The van der Waals surface area contributed by atoms with E-state index in [-0.39, 0.29) is 5.25 Å². The molecule has 3 rings (SSSR count). The molecule has 1 aromatic heterocycles. The van der Waals surface area contributed by atoms with Crippen molar-refractivity contribution in [2.75, 3.05) is 10.5 Å². The van der Waals surface area contributed by atoms with Gasteiger partial charge in [0.1, 0.15) is 5.82 Å². The first-order valence-electron chi connectivity index (χ1n) is 6.98. The zero-order chi connectivity index (χ0) is 14.9. The van der Waals surface area contributed by atoms with Crippen LogP contribution in [0, 0.1) is 0 Å². The molecule has 7 heteroatoms. The van der Waals surface area contributed by atoms with Gasteiger partial charge in [-0.05, 0) is 37.1 Å². The van der Waals surface area contributed by atoms with Crippen molar-refractivity contribution in [3.05, 3.63) is 36.5 Å². The van der Waals surface area contributed by atoms with Crippen molar-refractivity contribution in [1.82, 2.24) is 9.78 Å². The van der Waals surface area contributed by atoms with Crippen molar-refractivity contribution in [3.63, 3.8) is 0 Å². The number of hydrogen-bond acceptors (Lipinski definition) is 4. The minimum Gasteiger partial charge on any atom is -0.399 e. The lowest BCUT2D eigenvalue weighted by atomic mass is 10.3. The molecule has 1 heterocycles. The largest absolute Gasteiger partial charge is 0.399 e. The second-order valence-corrected chi connectivity index (χ2v) is 7.23. The van der Waals surface area contributed by atoms with Crippen LogP contribution in [0.25, 0.3) is 5.69 Å². The average molecular weight is 306 g/mol. The van der Waals surface area contributed by atoms with Crippen molar-refractivity contribution >= 4 is 21.5 Å². The van der Waals surface area contributed by atoms with E-state index in [2.05, 4.69) is 9.82 Å². The van der Waals surface area contributed by atoms with E-state index in [1.807, 2.05) is 0 Å². The topological polar surface area (TPSA) is 90.0 Å². The molecule has 0 saturated heterocycles. The molecule has 0 aliphatic heterocycles. The quantitative estimate of drug-likeness (QED) is 0.847. The van der Waals surface area contributed by atoms with Crippen LogP contribution < -0.4 is 10.5 Å². The summed E-state index contributed by atoms with van der Waals surface area (Å²) in [5, 5.41) is 3.88. The fourth-order valence-electron chi connectivity index (χ4n) is 2.63. The van der Waals surface area contributed by atoms with Gasteiger partial charge in [-0.2, -0.15) is 5.10 Å². The van der Waals surface area contributed by atoms with Gasteiger partial charge in [0.15, 0.2) is 0 Å². The third-order valence-corrected chi connectivity index (χ3v) is 5.61. The highest BCUT2D eigenvalue weighted by atomic mass is 32.2. The summed E-state index contributed by atoms with van der Waals surface area (Å²) in [6, 6.07) is 8.77. The predicted molar refractivity (Wildman–Crippen MR) is 82.8 cm³/mol. The lowest BCUT2D eigenvalue weighted by Gasteiger charge is -2.14. The Hall–Kier alpha value is -2.02. The number of nitrogens with one attached hydrogen (secondary N) is 1. The summed E-state index contributed by atoms with van der Waals surface area (Å²) in [5.74, 6) is 0.451. The number of aromatic nitrogens is 2. The molecule has 3 N–H and O–H groups in total. The first-order valence-corrected chi connectivity index (χ1v) is 8.52. The molecule has 6 nitrogen and oxygen atoms in total. The number of anilines is 2. The second-order valence-electron chi connectivity index (χ2n) is 5.27. The molecular formula is C14H18N4O2S. The van der Waals surface area contributed by atoms with E-state index in [9.17, 15) is 8.42 Å². The van der Waals surface area contributed by atoms with Crippen molar-refractivity contribution in [3.8, 4) is 5.69 Å². The van der Waals surface area contributed by atoms with E-state index < -0.39 is 10.0 Å². The van der Waals surface area contributed by atoms with Crippen LogP contribution in [0.15, 0.2) is 36.5 Å². The van der Waals surface area contributed by atoms with Crippen molar-refractivity contribution in [1.29, 1.82) is 0 Å². The Labute approximate surface area is 124 Å². The molecule has 2 aromatic rings. The Morgan fingerprint density at radius 2 is 1.81 bits per heavy atom. The van der Waals surface area contributed by atoms with Crippen LogP contribution in [0.3, 0.4) is 0 Å². The number of sulfonamides is 1. The van der Waals surface area contributed by atoms with Crippen LogP contribution in [0.2, 0.25) is 0 Å². The monoisotopic (exact) mass is 306 g/mol. The number of hydrogen-bond donors (Lipinski definition) is 2. The molecule has 0 atom stereocenters. The Balaban J connectivity index is 1.87. The molecule has 1 aliphatic rings. The predicted octanol–water partition coefficient (Wildman–Crippen LogP) is 2.14. The van der Waals surface area contributed by atoms with E-state index in [0.29, 0.717) is 11.5 Å². The normalized spacial score (nSPS) is 16.2. The minimum atomic E-state index is -3.36. The summed E-state index contributed by atoms with van der Waals surface area (Å²) >= 11 is 0. The van der Waals surface area contributed by atoms with Crippen molar-refractivity contribution < 1.29 is 8.42 Å². The van der Waals surface area contributed by atoms with Crippen molar-refractivity contribution in [2.24, 2.45) is 0 Å². The molecule has 1 fully saturated rings. The van der Waals surface area contributed by atoms with Gasteiger partial charge in [0.2, 0.25) is 10.0 Å². The third-order valence-electron chi connectivity index (χ3n) is 3.77. The number of nitrogen functional groups attached to an aromatic ring is 1. The van der Waals surface area contributed by atoms with Crippen LogP contribution in [-0.4, -0.2) is 23.4 Å². The van der Waals surface area contributed by atoms with E-state index in [1.54, 1.807) is 41.2 Å². The van der Waals surface area contributed by atoms with Gasteiger partial charge in [0.05, 0.1) is 17.1 Å². The van der Waals surface area contributed by atoms with Crippen LogP contribution in [-0.2, 0) is 10.0 Å². The number of benzene rings is 1. The molecule has 21 heavy (non-hydrogen) atoms. The van der Waals surface area contributed by atoms with E-state index in [0.717, 1.165) is 31.4 Å². The summed E-state index contributed by atoms with van der Waals surface area (Å²) in [4.78, 5) is 0. The number of nitrogens with two attached hydrogens (primary N) is 1. The number of nitrogens with zero attached hydrogens (tertiary/aromatic N) is 2. The molecule has 0 spiro atoms. The molecular weight excluding hydrogens is 288 g/mol.